The van der Waals surface area contributed by atoms with Gasteiger partial charge in [0.05, 0.1) is 18.3 Å². The fourth-order valence-corrected chi connectivity index (χ4v) is 3.64. The van der Waals surface area contributed by atoms with Crippen LogP contribution in [0.25, 0.3) is 0 Å². The van der Waals surface area contributed by atoms with Crippen LogP contribution in [0, 0.1) is 0 Å². The van der Waals surface area contributed by atoms with E-state index in [0.29, 0.717) is 0 Å². The maximum atomic E-state index is 10.3. The fourth-order valence-electron chi connectivity index (χ4n) is 3.64. The van der Waals surface area contributed by atoms with Crippen molar-refractivity contribution in [3.8, 4) is 0 Å². The predicted octanol–water partition coefficient (Wildman–Crippen LogP) is 3.53. The van der Waals surface area contributed by atoms with Gasteiger partial charge < -0.3 is 15.3 Å². The average molecular weight is 294 g/mol. The predicted molar refractivity (Wildman–Crippen MR) is 86.5 cm³/mol. The van der Waals surface area contributed by atoms with Gasteiger partial charge >= 0.3 is 0 Å². The lowest BCUT2D eigenvalue weighted by molar-refractivity contribution is 0.181. The molecule has 3 atom stereocenters. The Morgan fingerprint density at radius 2 is 0.762 bits per heavy atom. The van der Waals surface area contributed by atoms with Gasteiger partial charge in [0.1, 0.15) is 0 Å². The topological polar surface area (TPSA) is 60.7 Å². The normalized spacial score (nSPS) is 15.9. The van der Waals surface area contributed by atoms with Crippen LogP contribution in [0.4, 0.5) is 0 Å². The summed E-state index contributed by atoms with van der Waals surface area (Å²) in [6.07, 6.45) is 0.490. The molecule has 1 rings (SSSR count). The second kappa shape index (κ2) is 7.39. The van der Waals surface area contributed by atoms with Crippen LogP contribution >= 0.6 is 0 Å². The van der Waals surface area contributed by atoms with Crippen LogP contribution in [-0.4, -0.2) is 15.3 Å². The summed E-state index contributed by atoms with van der Waals surface area (Å²) < 4.78 is 0. The molecule has 21 heavy (non-hydrogen) atoms. The van der Waals surface area contributed by atoms with E-state index in [9.17, 15) is 15.3 Å². The van der Waals surface area contributed by atoms with Crippen molar-refractivity contribution in [3.05, 3.63) is 33.4 Å². The lowest BCUT2D eigenvalue weighted by atomic mass is 9.79. The minimum absolute atomic E-state index is 0.601. The van der Waals surface area contributed by atoms with Crippen LogP contribution in [0.15, 0.2) is 0 Å². The second-order valence-electron chi connectivity index (χ2n) is 5.77. The summed E-state index contributed by atoms with van der Waals surface area (Å²) in [6, 6.07) is 0. The van der Waals surface area contributed by atoms with Gasteiger partial charge in [0.2, 0.25) is 0 Å². The summed E-state index contributed by atoms with van der Waals surface area (Å²) in [4.78, 5) is 0. The van der Waals surface area contributed by atoms with Gasteiger partial charge in [-0.3, -0.25) is 0 Å². The number of hydrogen-bond acceptors (Lipinski definition) is 3. The largest absolute Gasteiger partial charge is 0.389 e. The van der Waals surface area contributed by atoms with Gasteiger partial charge in [-0.1, -0.05) is 20.8 Å². The van der Waals surface area contributed by atoms with Crippen LogP contribution in [-0.2, 0) is 19.3 Å². The van der Waals surface area contributed by atoms with Gasteiger partial charge in [0.25, 0.3) is 0 Å². The van der Waals surface area contributed by atoms with Crippen molar-refractivity contribution >= 4 is 0 Å². The smallest absolute Gasteiger partial charge is 0.0767 e. The Morgan fingerprint density at radius 3 is 0.857 bits per heavy atom. The van der Waals surface area contributed by atoms with E-state index in [4.69, 9.17) is 0 Å². The van der Waals surface area contributed by atoms with E-state index < -0.39 is 18.3 Å². The molecular formula is C18H30O3. The molecule has 0 spiro atoms. The molecule has 0 radical (unpaired) electrons. The summed E-state index contributed by atoms with van der Waals surface area (Å²) in [6.45, 7) is 11.4. The van der Waals surface area contributed by atoms with Crippen LogP contribution in [0.5, 0.6) is 0 Å². The molecule has 0 fully saturated rings. The van der Waals surface area contributed by atoms with E-state index in [1.165, 1.54) is 0 Å². The Bertz CT molecular complexity index is 395. The third-order valence-corrected chi connectivity index (χ3v) is 4.26. The zero-order chi connectivity index (χ0) is 16.3. The maximum Gasteiger partial charge on any atom is 0.0767 e. The zero-order valence-corrected chi connectivity index (χ0v) is 14.2. The number of aliphatic hydroxyl groups is 3. The molecule has 0 aliphatic carbocycles. The monoisotopic (exact) mass is 294 g/mol. The molecule has 3 nitrogen and oxygen atoms in total. The molecule has 1 aromatic rings. The molecule has 0 aliphatic heterocycles. The molecule has 0 aromatic heterocycles. The van der Waals surface area contributed by atoms with Crippen LogP contribution in [0.2, 0.25) is 0 Å². The summed E-state index contributed by atoms with van der Waals surface area (Å²) in [5.41, 5.74) is 5.80. The average Bonchev–Trinajstić information content (AvgIpc) is 2.42. The Morgan fingerprint density at radius 1 is 0.571 bits per heavy atom. The van der Waals surface area contributed by atoms with E-state index in [1.54, 1.807) is 20.8 Å². The molecule has 3 N–H and O–H groups in total. The second-order valence-corrected chi connectivity index (χ2v) is 5.77. The van der Waals surface area contributed by atoms with Crippen molar-refractivity contribution in [1.82, 2.24) is 0 Å². The fraction of sp³-hybridized carbons (Fsp3) is 0.667. The van der Waals surface area contributed by atoms with Crippen molar-refractivity contribution in [2.45, 2.75) is 79.1 Å². The van der Waals surface area contributed by atoms with E-state index in [-0.39, 0.29) is 0 Å². The Balaban J connectivity index is 3.96. The molecule has 0 amide bonds. The Labute approximate surface area is 128 Å². The Hall–Kier alpha value is -0.900. The van der Waals surface area contributed by atoms with E-state index in [2.05, 4.69) is 0 Å². The van der Waals surface area contributed by atoms with Gasteiger partial charge in [0, 0.05) is 0 Å². The molecule has 0 bridgehead atoms. The van der Waals surface area contributed by atoms with E-state index >= 15 is 0 Å². The van der Waals surface area contributed by atoms with E-state index in [1.807, 2.05) is 20.8 Å². The molecule has 0 unspecified atom stereocenters. The molecule has 1 aromatic carbocycles. The molecule has 0 aliphatic rings. The summed E-state index contributed by atoms with van der Waals surface area (Å²) in [5.74, 6) is 0. The minimum atomic E-state index is -0.601. The number of benzene rings is 1. The molecule has 0 heterocycles. The first kappa shape index (κ1) is 18.1. The van der Waals surface area contributed by atoms with Gasteiger partial charge in [-0.15, -0.1) is 0 Å². The first-order valence-corrected chi connectivity index (χ1v) is 8.05. The van der Waals surface area contributed by atoms with Crippen molar-refractivity contribution < 1.29 is 15.3 Å². The van der Waals surface area contributed by atoms with E-state index in [0.717, 1.165) is 52.6 Å². The van der Waals surface area contributed by atoms with Crippen molar-refractivity contribution in [3.63, 3.8) is 0 Å². The highest BCUT2D eigenvalue weighted by Gasteiger charge is 2.26. The van der Waals surface area contributed by atoms with Gasteiger partial charge in [0.15, 0.2) is 0 Å². The molecular weight excluding hydrogens is 264 g/mol. The SMILES string of the molecule is CCc1c([C@H](C)O)c(CC)c([C@H](C)O)c(CC)c1[C@H](C)O. The molecule has 3 heteroatoms. The summed E-state index contributed by atoms with van der Waals surface area (Å²) in [5, 5.41) is 30.8. The third-order valence-electron chi connectivity index (χ3n) is 4.26. The lowest BCUT2D eigenvalue weighted by Gasteiger charge is -2.29. The lowest BCUT2D eigenvalue weighted by Crippen LogP contribution is -2.17. The third kappa shape index (κ3) is 3.31. The highest BCUT2D eigenvalue weighted by atomic mass is 16.3. The number of aliphatic hydroxyl groups excluding tert-OH is 3. The Kier molecular flexibility index (Phi) is 6.39. The van der Waals surface area contributed by atoms with Gasteiger partial charge in [-0.05, 0) is 73.4 Å². The van der Waals surface area contributed by atoms with Crippen molar-refractivity contribution in [2.24, 2.45) is 0 Å². The van der Waals surface area contributed by atoms with Gasteiger partial charge in [-0.25, -0.2) is 0 Å². The minimum Gasteiger partial charge on any atom is -0.389 e. The first-order valence-electron chi connectivity index (χ1n) is 8.05. The summed E-state index contributed by atoms with van der Waals surface area (Å²) in [7, 11) is 0. The summed E-state index contributed by atoms with van der Waals surface area (Å²) >= 11 is 0. The number of rotatable bonds is 6. The highest BCUT2D eigenvalue weighted by molar-refractivity contribution is 5.54. The molecule has 0 saturated heterocycles. The van der Waals surface area contributed by atoms with Crippen LogP contribution < -0.4 is 0 Å². The maximum absolute atomic E-state index is 10.3. The number of hydrogen-bond donors (Lipinski definition) is 3. The van der Waals surface area contributed by atoms with Gasteiger partial charge in [-0.2, -0.15) is 0 Å². The first-order chi connectivity index (χ1) is 9.81. The zero-order valence-electron chi connectivity index (χ0n) is 14.2. The van der Waals surface area contributed by atoms with Crippen molar-refractivity contribution in [1.29, 1.82) is 0 Å². The van der Waals surface area contributed by atoms with Crippen LogP contribution in [0.1, 0.15) is 93.2 Å². The molecule has 120 valence electrons. The quantitative estimate of drug-likeness (QED) is 0.752. The van der Waals surface area contributed by atoms with Crippen molar-refractivity contribution in [2.75, 3.05) is 0 Å². The highest BCUT2D eigenvalue weighted by Crippen LogP contribution is 2.39. The standard InChI is InChI=1S/C18H30O3/c1-7-13-16(10(4)19)14(8-2)18(12(6)21)15(9-3)17(13)11(5)20/h10-12,19-21H,7-9H2,1-6H3/t10-,11-,12-/m0/s1. The molecule has 0 saturated carbocycles. The van der Waals surface area contributed by atoms with Crippen LogP contribution in [0.3, 0.4) is 0 Å².